The number of hydrogen-bond acceptors (Lipinski definition) is 2. The van der Waals surface area contributed by atoms with Crippen molar-refractivity contribution in [1.82, 2.24) is 10.7 Å². The van der Waals surface area contributed by atoms with Gasteiger partial charge >= 0.3 is 6.03 Å². The first-order valence-corrected chi connectivity index (χ1v) is 6.97. The number of carbonyl (C=O) groups is 1. The summed E-state index contributed by atoms with van der Waals surface area (Å²) in [7, 11) is 0. The van der Waals surface area contributed by atoms with Crippen LogP contribution in [0.4, 0.5) is 4.79 Å². The summed E-state index contributed by atoms with van der Waals surface area (Å²) in [4.78, 5) is 11.6. The zero-order valence-corrected chi connectivity index (χ0v) is 11.5. The molecule has 0 atom stereocenters. The molecule has 0 bridgehead atoms. The summed E-state index contributed by atoms with van der Waals surface area (Å²) in [5.74, 6) is 0. The Morgan fingerprint density at radius 3 is 2.58 bits per heavy atom. The van der Waals surface area contributed by atoms with E-state index in [0.29, 0.717) is 11.1 Å². The van der Waals surface area contributed by atoms with E-state index in [9.17, 15) is 4.79 Å². The van der Waals surface area contributed by atoms with Gasteiger partial charge in [-0.15, -0.1) is 0 Å². The summed E-state index contributed by atoms with van der Waals surface area (Å²) >= 11 is 5.78. The maximum Gasteiger partial charge on any atom is 0.335 e. The smallest absolute Gasteiger partial charge is 0.334 e. The molecule has 2 rings (SSSR count). The van der Waals surface area contributed by atoms with Crippen molar-refractivity contribution in [2.24, 2.45) is 5.10 Å². The molecule has 0 saturated heterocycles. The minimum absolute atomic E-state index is 0.239. The van der Waals surface area contributed by atoms with E-state index in [1.165, 1.54) is 19.3 Å². The number of urea groups is 1. The number of hydrazone groups is 1. The Balaban J connectivity index is 1.74. The van der Waals surface area contributed by atoms with Crippen molar-refractivity contribution in [2.45, 2.75) is 38.1 Å². The number of carbonyl (C=O) groups excluding carboxylic acids is 1. The molecule has 1 saturated carbocycles. The van der Waals surface area contributed by atoms with Crippen LogP contribution < -0.4 is 10.7 Å². The standard InChI is InChI=1S/C14H18ClN3O/c15-12-8-6-11(7-9-12)10-16-18-14(19)17-13-4-2-1-3-5-13/h6-10,13H,1-5H2,(H2,17,18,19)/b16-10-. The van der Waals surface area contributed by atoms with Crippen molar-refractivity contribution >= 4 is 23.8 Å². The zero-order chi connectivity index (χ0) is 13.5. The van der Waals surface area contributed by atoms with Crippen LogP contribution in [0.2, 0.25) is 5.02 Å². The van der Waals surface area contributed by atoms with Gasteiger partial charge in [0.2, 0.25) is 0 Å². The molecule has 0 aliphatic heterocycles. The second-order valence-electron chi connectivity index (χ2n) is 4.73. The first-order valence-electron chi connectivity index (χ1n) is 6.59. The van der Waals surface area contributed by atoms with Crippen molar-refractivity contribution in [2.75, 3.05) is 0 Å². The highest BCUT2D eigenvalue weighted by Crippen LogP contribution is 2.17. The number of nitrogens with zero attached hydrogens (tertiary/aromatic N) is 1. The summed E-state index contributed by atoms with van der Waals surface area (Å²) in [6.07, 6.45) is 7.38. The lowest BCUT2D eigenvalue weighted by Crippen LogP contribution is -2.41. The third-order valence-corrected chi connectivity index (χ3v) is 3.44. The van der Waals surface area contributed by atoms with Gasteiger partial charge in [0.25, 0.3) is 0 Å². The molecule has 102 valence electrons. The molecular formula is C14H18ClN3O. The summed E-state index contributed by atoms with van der Waals surface area (Å²) in [5.41, 5.74) is 3.37. The van der Waals surface area contributed by atoms with Gasteiger partial charge in [0, 0.05) is 11.1 Å². The molecule has 4 nitrogen and oxygen atoms in total. The molecule has 5 heteroatoms. The van der Waals surface area contributed by atoms with Gasteiger partial charge in [0.15, 0.2) is 0 Å². The van der Waals surface area contributed by atoms with Gasteiger partial charge in [-0.3, -0.25) is 0 Å². The average Bonchev–Trinajstić information content (AvgIpc) is 2.42. The van der Waals surface area contributed by atoms with E-state index in [4.69, 9.17) is 11.6 Å². The highest BCUT2D eigenvalue weighted by Gasteiger charge is 2.14. The Labute approximate surface area is 118 Å². The summed E-state index contributed by atoms with van der Waals surface area (Å²) in [5, 5.41) is 7.52. The van der Waals surface area contributed by atoms with E-state index >= 15 is 0 Å². The van der Waals surface area contributed by atoms with E-state index in [2.05, 4.69) is 15.8 Å². The lowest BCUT2D eigenvalue weighted by atomic mass is 9.96. The van der Waals surface area contributed by atoms with Gasteiger partial charge < -0.3 is 5.32 Å². The SMILES string of the molecule is O=C(N/N=C\c1ccc(Cl)cc1)NC1CCCCC1. The first kappa shape index (κ1) is 13.9. The van der Waals surface area contributed by atoms with Crippen LogP contribution in [0.1, 0.15) is 37.7 Å². The molecule has 1 aliphatic carbocycles. The largest absolute Gasteiger partial charge is 0.335 e. The van der Waals surface area contributed by atoms with Crippen LogP contribution in [0.25, 0.3) is 0 Å². The second kappa shape index (κ2) is 7.14. The van der Waals surface area contributed by atoms with Crippen LogP contribution in [-0.2, 0) is 0 Å². The topological polar surface area (TPSA) is 53.5 Å². The molecule has 0 aromatic heterocycles. The predicted octanol–water partition coefficient (Wildman–Crippen LogP) is 3.31. The average molecular weight is 280 g/mol. The molecule has 0 radical (unpaired) electrons. The van der Waals surface area contributed by atoms with Crippen molar-refractivity contribution in [3.63, 3.8) is 0 Å². The van der Waals surface area contributed by atoms with Crippen molar-refractivity contribution < 1.29 is 4.79 Å². The number of nitrogens with one attached hydrogen (secondary N) is 2. The number of amides is 2. The third kappa shape index (κ3) is 4.91. The molecule has 0 unspecified atom stereocenters. The first-order chi connectivity index (χ1) is 9.24. The second-order valence-corrected chi connectivity index (χ2v) is 5.17. The fourth-order valence-electron chi connectivity index (χ4n) is 2.18. The Morgan fingerprint density at radius 1 is 1.21 bits per heavy atom. The van der Waals surface area contributed by atoms with E-state index in [1.807, 2.05) is 12.1 Å². The number of hydrogen-bond donors (Lipinski definition) is 2. The fourth-order valence-corrected chi connectivity index (χ4v) is 2.30. The fraction of sp³-hybridized carbons (Fsp3) is 0.429. The highest BCUT2D eigenvalue weighted by molar-refractivity contribution is 6.30. The molecule has 0 spiro atoms. The minimum Gasteiger partial charge on any atom is -0.334 e. The molecule has 0 heterocycles. The van der Waals surface area contributed by atoms with Crippen molar-refractivity contribution in [1.29, 1.82) is 0 Å². The lowest BCUT2D eigenvalue weighted by molar-refractivity contribution is 0.233. The van der Waals surface area contributed by atoms with Gasteiger partial charge in [-0.1, -0.05) is 43.0 Å². The summed E-state index contributed by atoms with van der Waals surface area (Å²) in [6, 6.07) is 7.30. The third-order valence-electron chi connectivity index (χ3n) is 3.19. The van der Waals surface area contributed by atoms with Crippen LogP contribution in [-0.4, -0.2) is 18.3 Å². The molecule has 2 amide bonds. The number of rotatable bonds is 3. The van der Waals surface area contributed by atoms with Gasteiger partial charge in [-0.25, -0.2) is 10.2 Å². The molecular weight excluding hydrogens is 262 g/mol. The van der Waals surface area contributed by atoms with Crippen LogP contribution in [0.15, 0.2) is 29.4 Å². The van der Waals surface area contributed by atoms with Gasteiger partial charge in [0.05, 0.1) is 6.21 Å². The number of halogens is 1. The maximum atomic E-state index is 11.6. The number of benzene rings is 1. The van der Waals surface area contributed by atoms with E-state index < -0.39 is 0 Å². The van der Waals surface area contributed by atoms with Gasteiger partial charge in [-0.2, -0.15) is 5.10 Å². The van der Waals surface area contributed by atoms with Gasteiger partial charge in [0.1, 0.15) is 0 Å². The molecule has 1 aromatic rings. The molecule has 1 fully saturated rings. The summed E-state index contributed by atoms with van der Waals surface area (Å²) < 4.78 is 0. The van der Waals surface area contributed by atoms with Crippen LogP contribution in [0.5, 0.6) is 0 Å². The van der Waals surface area contributed by atoms with Crippen LogP contribution in [0.3, 0.4) is 0 Å². The quantitative estimate of drug-likeness (QED) is 0.647. The van der Waals surface area contributed by atoms with E-state index in [-0.39, 0.29) is 6.03 Å². The van der Waals surface area contributed by atoms with Gasteiger partial charge in [-0.05, 0) is 30.5 Å². The summed E-state index contributed by atoms with van der Waals surface area (Å²) in [6.45, 7) is 0. The zero-order valence-electron chi connectivity index (χ0n) is 10.7. The maximum absolute atomic E-state index is 11.6. The normalized spacial score (nSPS) is 16.5. The van der Waals surface area contributed by atoms with E-state index in [1.54, 1.807) is 18.3 Å². The minimum atomic E-state index is -0.239. The monoisotopic (exact) mass is 279 g/mol. The Kier molecular flexibility index (Phi) is 5.21. The van der Waals surface area contributed by atoms with Crippen LogP contribution >= 0.6 is 11.6 Å². The molecule has 19 heavy (non-hydrogen) atoms. The Hall–Kier alpha value is -1.55. The van der Waals surface area contributed by atoms with E-state index in [0.717, 1.165) is 18.4 Å². The van der Waals surface area contributed by atoms with Crippen LogP contribution in [0, 0.1) is 0 Å². The highest BCUT2D eigenvalue weighted by atomic mass is 35.5. The molecule has 1 aromatic carbocycles. The van der Waals surface area contributed by atoms with Crippen molar-refractivity contribution in [3.05, 3.63) is 34.9 Å². The van der Waals surface area contributed by atoms with Crippen molar-refractivity contribution in [3.8, 4) is 0 Å². The Bertz CT molecular complexity index is 439. The molecule has 1 aliphatic rings. The Morgan fingerprint density at radius 2 is 1.89 bits per heavy atom. The molecule has 2 N–H and O–H groups in total. The predicted molar refractivity (Wildman–Crippen MR) is 77.6 cm³/mol. The lowest BCUT2D eigenvalue weighted by Gasteiger charge is -2.22.